The zero-order valence-corrected chi connectivity index (χ0v) is 18.9. The van der Waals surface area contributed by atoms with Gasteiger partial charge in [0.05, 0.1) is 13.7 Å². The van der Waals surface area contributed by atoms with Crippen LogP contribution < -0.4 is 15.4 Å². The van der Waals surface area contributed by atoms with E-state index in [0.717, 1.165) is 22.4 Å². The smallest absolute Gasteiger partial charge is 0.246 e. The van der Waals surface area contributed by atoms with Crippen molar-refractivity contribution in [1.82, 2.24) is 4.90 Å². The van der Waals surface area contributed by atoms with Crippen LogP contribution >= 0.6 is 0 Å². The molecule has 2 amide bonds. The van der Waals surface area contributed by atoms with Crippen molar-refractivity contribution in [2.45, 2.75) is 19.9 Å². The number of hydrogen-bond acceptors (Lipinski definition) is 4. The summed E-state index contributed by atoms with van der Waals surface area (Å²) in [7, 11) is 3.36. The molecule has 0 aromatic heterocycles. The largest absolute Gasteiger partial charge is 0.497 e. The molecule has 0 aliphatic carbocycles. The monoisotopic (exact) mass is 431 g/mol. The third kappa shape index (κ3) is 5.95. The van der Waals surface area contributed by atoms with Gasteiger partial charge in [-0.1, -0.05) is 42.5 Å². The second-order valence-electron chi connectivity index (χ2n) is 7.81. The molecule has 3 rings (SSSR count). The van der Waals surface area contributed by atoms with Crippen molar-refractivity contribution in [2.75, 3.05) is 31.3 Å². The lowest BCUT2D eigenvalue weighted by molar-refractivity contribution is -0.123. The number of amides is 2. The Morgan fingerprint density at radius 1 is 0.938 bits per heavy atom. The topological polar surface area (TPSA) is 70.7 Å². The van der Waals surface area contributed by atoms with E-state index in [1.807, 2.05) is 62.4 Å². The number of methoxy groups -OCH3 is 1. The quantitative estimate of drug-likeness (QED) is 0.548. The molecule has 6 heteroatoms. The number of likely N-dealkylation sites (N-methyl/N-ethyl adjacent to an activating group) is 1. The van der Waals surface area contributed by atoms with Crippen molar-refractivity contribution in [2.24, 2.45) is 0 Å². The van der Waals surface area contributed by atoms with E-state index in [1.54, 1.807) is 43.3 Å². The summed E-state index contributed by atoms with van der Waals surface area (Å²) in [5.74, 6) is 0.315. The van der Waals surface area contributed by atoms with E-state index in [9.17, 15) is 9.59 Å². The summed E-state index contributed by atoms with van der Waals surface area (Å²) < 4.78 is 5.14. The third-order valence-corrected chi connectivity index (χ3v) is 5.22. The number of nitrogens with zero attached hydrogens (tertiary/aromatic N) is 1. The molecule has 1 atom stereocenters. The van der Waals surface area contributed by atoms with Gasteiger partial charge in [-0.05, 0) is 67.9 Å². The fourth-order valence-corrected chi connectivity index (χ4v) is 3.51. The molecule has 0 radical (unpaired) electrons. The Morgan fingerprint density at radius 3 is 2.28 bits per heavy atom. The molecule has 32 heavy (non-hydrogen) atoms. The fourth-order valence-electron chi connectivity index (χ4n) is 3.51. The predicted octanol–water partition coefficient (Wildman–Crippen LogP) is 4.56. The number of carbonyl (C=O) groups is 2. The normalized spacial score (nSPS) is 11.7. The summed E-state index contributed by atoms with van der Waals surface area (Å²) >= 11 is 0. The van der Waals surface area contributed by atoms with Crippen LogP contribution in [0.3, 0.4) is 0 Å². The van der Waals surface area contributed by atoms with E-state index in [4.69, 9.17) is 4.74 Å². The maximum absolute atomic E-state index is 13.3. The van der Waals surface area contributed by atoms with Gasteiger partial charge in [-0.15, -0.1) is 0 Å². The third-order valence-electron chi connectivity index (χ3n) is 5.22. The molecular weight excluding hydrogens is 402 g/mol. The number of nitrogens with one attached hydrogen (secondary N) is 2. The number of hydrogen-bond donors (Lipinski definition) is 2. The van der Waals surface area contributed by atoms with Crippen LogP contribution in [0.2, 0.25) is 0 Å². The predicted molar refractivity (Wildman–Crippen MR) is 128 cm³/mol. The summed E-state index contributed by atoms with van der Waals surface area (Å²) in [5, 5.41) is 5.91. The number of rotatable bonds is 8. The lowest BCUT2D eigenvalue weighted by atomic mass is 10.0. The molecule has 0 heterocycles. The van der Waals surface area contributed by atoms with Crippen LogP contribution in [0, 0.1) is 13.8 Å². The average molecular weight is 432 g/mol. The van der Waals surface area contributed by atoms with Gasteiger partial charge in [-0.25, -0.2) is 0 Å². The highest BCUT2D eigenvalue weighted by Crippen LogP contribution is 2.24. The molecule has 0 aliphatic rings. The molecule has 3 aromatic carbocycles. The van der Waals surface area contributed by atoms with Crippen LogP contribution in [0.15, 0.2) is 72.8 Å². The Hall–Kier alpha value is -3.64. The Morgan fingerprint density at radius 2 is 1.62 bits per heavy atom. The summed E-state index contributed by atoms with van der Waals surface area (Å²) in [6.45, 7) is 3.99. The zero-order valence-electron chi connectivity index (χ0n) is 18.9. The van der Waals surface area contributed by atoms with Gasteiger partial charge in [0.25, 0.3) is 0 Å². The Balaban J connectivity index is 1.76. The second-order valence-corrected chi connectivity index (χ2v) is 7.81. The van der Waals surface area contributed by atoms with E-state index in [1.165, 1.54) is 0 Å². The SMILES string of the molecule is COc1ccc(NC(=O)CN(C)C(C(=O)Nc2cc(C)ccc2C)c2ccccc2)cc1. The molecule has 3 aromatic rings. The van der Waals surface area contributed by atoms with Crippen molar-refractivity contribution in [3.63, 3.8) is 0 Å². The molecule has 166 valence electrons. The summed E-state index contributed by atoms with van der Waals surface area (Å²) in [4.78, 5) is 27.8. The van der Waals surface area contributed by atoms with Gasteiger partial charge in [-0.2, -0.15) is 0 Å². The van der Waals surface area contributed by atoms with E-state index in [0.29, 0.717) is 11.4 Å². The number of carbonyl (C=O) groups excluding carboxylic acids is 2. The molecule has 2 N–H and O–H groups in total. The maximum Gasteiger partial charge on any atom is 0.246 e. The highest BCUT2D eigenvalue weighted by molar-refractivity contribution is 5.97. The lowest BCUT2D eigenvalue weighted by Crippen LogP contribution is -2.39. The highest BCUT2D eigenvalue weighted by Gasteiger charge is 2.27. The van der Waals surface area contributed by atoms with Crippen molar-refractivity contribution in [3.8, 4) is 5.75 Å². The molecule has 0 spiro atoms. The number of anilines is 2. The first-order valence-corrected chi connectivity index (χ1v) is 10.4. The molecule has 0 aliphatic heterocycles. The van der Waals surface area contributed by atoms with Gasteiger partial charge >= 0.3 is 0 Å². The second kappa shape index (κ2) is 10.6. The molecule has 0 saturated carbocycles. The highest BCUT2D eigenvalue weighted by atomic mass is 16.5. The molecular formula is C26H29N3O3. The van der Waals surface area contributed by atoms with E-state index < -0.39 is 6.04 Å². The van der Waals surface area contributed by atoms with Crippen LogP contribution in [-0.4, -0.2) is 37.4 Å². The molecule has 0 fully saturated rings. The van der Waals surface area contributed by atoms with E-state index >= 15 is 0 Å². The Labute approximate surface area is 189 Å². The van der Waals surface area contributed by atoms with Crippen molar-refractivity contribution in [3.05, 3.63) is 89.5 Å². The maximum atomic E-state index is 13.3. The van der Waals surface area contributed by atoms with Gasteiger partial charge in [0.2, 0.25) is 11.8 Å². The average Bonchev–Trinajstić information content (AvgIpc) is 2.77. The van der Waals surface area contributed by atoms with Crippen molar-refractivity contribution < 1.29 is 14.3 Å². The minimum atomic E-state index is -0.627. The summed E-state index contributed by atoms with van der Waals surface area (Å²) in [5.41, 5.74) is 4.30. The first-order chi connectivity index (χ1) is 15.4. The molecule has 6 nitrogen and oxygen atoms in total. The van der Waals surface area contributed by atoms with Crippen molar-refractivity contribution in [1.29, 1.82) is 0 Å². The Kier molecular flexibility index (Phi) is 7.63. The number of ether oxygens (including phenoxy) is 1. The number of benzene rings is 3. The summed E-state index contributed by atoms with van der Waals surface area (Å²) in [6.07, 6.45) is 0. The first-order valence-electron chi connectivity index (χ1n) is 10.4. The van der Waals surface area contributed by atoms with Gasteiger partial charge in [0.1, 0.15) is 11.8 Å². The minimum absolute atomic E-state index is 0.0474. The van der Waals surface area contributed by atoms with Gasteiger partial charge < -0.3 is 15.4 Å². The fraction of sp³-hybridized carbons (Fsp3) is 0.231. The van der Waals surface area contributed by atoms with Crippen LogP contribution in [0.4, 0.5) is 11.4 Å². The standard InChI is InChI=1S/C26H29N3O3/c1-18-10-11-19(2)23(16-18)28-26(31)25(20-8-6-5-7-9-20)29(3)17-24(30)27-21-12-14-22(32-4)15-13-21/h5-16,25H,17H2,1-4H3,(H,27,30)(H,28,31). The van der Waals surface area contributed by atoms with Gasteiger partial charge in [0.15, 0.2) is 0 Å². The van der Waals surface area contributed by atoms with Gasteiger partial charge in [-0.3, -0.25) is 14.5 Å². The molecule has 0 bridgehead atoms. The van der Waals surface area contributed by atoms with E-state index in [2.05, 4.69) is 10.6 Å². The van der Waals surface area contributed by atoms with Crippen LogP contribution in [0.25, 0.3) is 0 Å². The zero-order chi connectivity index (χ0) is 23.1. The van der Waals surface area contributed by atoms with Crippen LogP contribution in [0.1, 0.15) is 22.7 Å². The van der Waals surface area contributed by atoms with Crippen molar-refractivity contribution >= 4 is 23.2 Å². The molecule has 1 unspecified atom stereocenters. The van der Waals surface area contributed by atoms with Crippen LogP contribution in [-0.2, 0) is 9.59 Å². The Bertz CT molecular complexity index is 1070. The van der Waals surface area contributed by atoms with Crippen LogP contribution in [0.5, 0.6) is 5.75 Å². The van der Waals surface area contributed by atoms with Gasteiger partial charge in [0, 0.05) is 11.4 Å². The summed E-state index contributed by atoms with van der Waals surface area (Å²) in [6, 6.07) is 21.9. The van der Waals surface area contributed by atoms with E-state index in [-0.39, 0.29) is 18.4 Å². The first kappa shape index (κ1) is 23.0. The lowest BCUT2D eigenvalue weighted by Gasteiger charge is -2.27. The molecule has 0 saturated heterocycles. The minimum Gasteiger partial charge on any atom is -0.497 e. The number of aryl methyl sites for hydroxylation is 2.